The minimum Gasteiger partial charge on any atom is -0.356 e. The highest BCUT2D eigenvalue weighted by Crippen LogP contribution is 2.19. The van der Waals surface area contributed by atoms with Gasteiger partial charge >= 0.3 is 6.18 Å². The molecule has 0 saturated heterocycles. The Morgan fingerprint density at radius 3 is 2.27 bits per heavy atom. The second-order valence-electron chi connectivity index (χ2n) is 6.68. The van der Waals surface area contributed by atoms with Crippen molar-refractivity contribution in [2.75, 3.05) is 13.6 Å². The molecule has 0 bridgehead atoms. The average molecular weight is 394 g/mol. The van der Waals surface area contributed by atoms with Crippen molar-refractivity contribution in [1.29, 1.82) is 0 Å². The fraction of sp³-hybridized carbons (Fsp3) is 0.562. The van der Waals surface area contributed by atoms with Gasteiger partial charge in [-0.15, -0.1) is 0 Å². The first kappa shape index (κ1) is 22.2. The van der Waals surface area contributed by atoms with Crippen molar-refractivity contribution < 1.29 is 21.6 Å². The number of hydrogen-bond acceptors (Lipinski definition) is 3. The summed E-state index contributed by atoms with van der Waals surface area (Å²) in [6.07, 6.45) is -5.25. The largest absolute Gasteiger partial charge is 0.390 e. The molecule has 1 aromatic carbocycles. The zero-order valence-electron chi connectivity index (χ0n) is 15.2. The Labute approximate surface area is 152 Å². The molecule has 26 heavy (non-hydrogen) atoms. The Hall–Kier alpha value is -1.81. The van der Waals surface area contributed by atoms with Gasteiger partial charge in [0.05, 0.1) is 11.3 Å². The van der Waals surface area contributed by atoms with Gasteiger partial charge in [0.25, 0.3) is 0 Å². The third-order valence-corrected chi connectivity index (χ3v) is 4.93. The van der Waals surface area contributed by atoms with Gasteiger partial charge in [0.15, 0.2) is 5.96 Å². The molecule has 0 saturated carbocycles. The van der Waals surface area contributed by atoms with Crippen LogP contribution < -0.4 is 15.4 Å². The molecular weight excluding hydrogens is 369 g/mol. The molecule has 3 N–H and O–H groups in total. The van der Waals surface area contributed by atoms with Crippen LogP contribution >= 0.6 is 0 Å². The Balaban J connectivity index is 2.82. The lowest BCUT2D eigenvalue weighted by Gasteiger charge is -2.22. The van der Waals surface area contributed by atoms with E-state index in [9.17, 15) is 21.6 Å². The predicted octanol–water partition coefficient (Wildman–Crippen LogP) is 2.38. The lowest BCUT2D eigenvalue weighted by molar-refractivity contribution is -0.132. The van der Waals surface area contributed by atoms with E-state index < -0.39 is 28.2 Å². The molecule has 148 valence electrons. The third-order valence-electron chi connectivity index (χ3n) is 3.07. The molecule has 10 heteroatoms. The van der Waals surface area contributed by atoms with E-state index in [1.165, 1.54) is 13.1 Å². The minimum absolute atomic E-state index is 0.0902. The highest BCUT2D eigenvalue weighted by atomic mass is 32.2. The van der Waals surface area contributed by atoms with Crippen LogP contribution in [0.15, 0.2) is 34.2 Å². The summed E-state index contributed by atoms with van der Waals surface area (Å²) < 4.78 is 64.3. The molecular formula is C16H25F3N4O2S. The number of alkyl halides is 3. The molecule has 1 rings (SSSR count). The van der Waals surface area contributed by atoms with Crippen LogP contribution in [0, 0.1) is 0 Å². The Morgan fingerprint density at radius 2 is 1.73 bits per heavy atom. The molecule has 0 unspecified atom stereocenters. The van der Waals surface area contributed by atoms with Crippen LogP contribution in [0.2, 0.25) is 0 Å². The van der Waals surface area contributed by atoms with Gasteiger partial charge in [0.2, 0.25) is 10.0 Å². The molecule has 0 heterocycles. The van der Waals surface area contributed by atoms with Crippen molar-refractivity contribution in [3.05, 3.63) is 29.8 Å². The van der Waals surface area contributed by atoms with Crippen LogP contribution in [0.4, 0.5) is 13.2 Å². The maximum Gasteiger partial charge on any atom is 0.390 e. The van der Waals surface area contributed by atoms with Crippen molar-refractivity contribution in [2.45, 2.75) is 50.3 Å². The number of sulfonamides is 1. The summed E-state index contributed by atoms with van der Waals surface area (Å²) in [5.74, 6) is 0.158. The zero-order valence-corrected chi connectivity index (χ0v) is 16.1. The molecule has 0 aliphatic carbocycles. The molecule has 6 nitrogen and oxygen atoms in total. The number of nitrogens with one attached hydrogen (secondary N) is 3. The van der Waals surface area contributed by atoms with Crippen LogP contribution in [-0.2, 0) is 16.6 Å². The normalized spacial score (nSPS) is 13.6. The van der Waals surface area contributed by atoms with E-state index in [4.69, 9.17) is 0 Å². The van der Waals surface area contributed by atoms with Gasteiger partial charge in [-0.25, -0.2) is 13.1 Å². The highest BCUT2D eigenvalue weighted by molar-refractivity contribution is 7.89. The number of guanidine groups is 1. The lowest BCUT2D eigenvalue weighted by Crippen LogP contribution is -2.41. The fourth-order valence-electron chi connectivity index (χ4n) is 2.09. The molecule has 0 atom stereocenters. The maximum absolute atomic E-state index is 12.6. The van der Waals surface area contributed by atoms with Gasteiger partial charge in [0, 0.05) is 25.7 Å². The van der Waals surface area contributed by atoms with E-state index in [2.05, 4.69) is 20.3 Å². The first-order valence-corrected chi connectivity index (χ1v) is 9.45. The minimum atomic E-state index is -4.26. The number of nitrogens with zero attached hydrogens (tertiary/aromatic N) is 1. The summed E-state index contributed by atoms with van der Waals surface area (Å²) in [6.45, 7) is 4.97. The van der Waals surface area contributed by atoms with Crippen LogP contribution in [-0.4, -0.2) is 39.7 Å². The molecule has 0 fully saturated rings. The Kier molecular flexibility index (Phi) is 7.45. The second kappa shape index (κ2) is 8.72. The van der Waals surface area contributed by atoms with Crippen molar-refractivity contribution in [3.8, 4) is 0 Å². The Bertz CT molecular complexity index is 726. The third kappa shape index (κ3) is 8.05. The first-order chi connectivity index (χ1) is 11.8. The second-order valence-corrected chi connectivity index (χ2v) is 8.33. The van der Waals surface area contributed by atoms with Crippen molar-refractivity contribution in [2.24, 2.45) is 4.99 Å². The molecule has 0 aliphatic rings. The lowest BCUT2D eigenvalue weighted by atomic mass is 10.1. The molecule has 0 amide bonds. The molecule has 0 radical (unpaired) electrons. The summed E-state index contributed by atoms with van der Waals surface area (Å²) in [5, 5.41) is 5.37. The molecule has 0 aliphatic heterocycles. The Morgan fingerprint density at radius 1 is 1.12 bits per heavy atom. The maximum atomic E-state index is 12.6. The fourth-order valence-corrected chi connectivity index (χ4v) is 3.75. The summed E-state index contributed by atoms with van der Waals surface area (Å²) in [4.78, 5) is 3.94. The predicted molar refractivity (Wildman–Crippen MR) is 95.4 cm³/mol. The number of hydrogen-bond donors (Lipinski definition) is 3. The number of halogens is 3. The van der Waals surface area contributed by atoms with E-state index in [0.717, 1.165) is 0 Å². The van der Waals surface area contributed by atoms with Crippen LogP contribution in [0.25, 0.3) is 0 Å². The van der Waals surface area contributed by atoms with Gasteiger partial charge in [-0.1, -0.05) is 18.2 Å². The van der Waals surface area contributed by atoms with E-state index in [1.54, 1.807) is 39.0 Å². The number of aliphatic imine (C=N–C) groups is 1. The number of benzene rings is 1. The van der Waals surface area contributed by atoms with E-state index in [1.807, 2.05) is 0 Å². The van der Waals surface area contributed by atoms with Crippen molar-refractivity contribution in [3.63, 3.8) is 0 Å². The van der Waals surface area contributed by atoms with E-state index in [0.29, 0.717) is 5.56 Å². The quantitative estimate of drug-likeness (QED) is 0.511. The van der Waals surface area contributed by atoms with Gasteiger partial charge in [-0.3, -0.25) is 4.99 Å². The van der Waals surface area contributed by atoms with Crippen molar-refractivity contribution >= 4 is 16.0 Å². The summed E-state index contributed by atoms with van der Waals surface area (Å²) >= 11 is 0. The van der Waals surface area contributed by atoms with Gasteiger partial charge in [0.1, 0.15) is 0 Å². The summed E-state index contributed by atoms with van der Waals surface area (Å²) in [7, 11) is -2.32. The molecule has 0 spiro atoms. The van der Waals surface area contributed by atoms with Gasteiger partial charge in [-0.2, -0.15) is 13.2 Å². The van der Waals surface area contributed by atoms with E-state index in [-0.39, 0.29) is 23.9 Å². The average Bonchev–Trinajstić information content (AvgIpc) is 2.47. The topological polar surface area (TPSA) is 82.6 Å². The standard InChI is InChI=1S/C16H25F3N4O2S/c1-15(2,3)23-26(24,25)13-8-6-5-7-12(13)11-22-14(20-4)21-10-9-16(17,18)19/h5-8,23H,9-11H2,1-4H3,(H2,20,21,22). The van der Waals surface area contributed by atoms with Crippen LogP contribution in [0.5, 0.6) is 0 Å². The molecule has 1 aromatic rings. The van der Waals surface area contributed by atoms with Crippen LogP contribution in [0.1, 0.15) is 32.8 Å². The van der Waals surface area contributed by atoms with E-state index >= 15 is 0 Å². The summed E-state index contributed by atoms with van der Waals surface area (Å²) in [5.41, 5.74) is -0.169. The first-order valence-electron chi connectivity index (χ1n) is 7.97. The number of rotatable bonds is 6. The smallest absolute Gasteiger partial charge is 0.356 e. The van der Waals surface area contributed by atoms with Crippen molar-refractivity contribution in [1.82, 2.24) is 15.4 Å². The summed E-state index contributed by atoms with van der Waals surface area (Å²) in [6, 6.07) is 6.40. The van der Waals surface area contributed by atoms with Gasteiger partial charge in [-0.05, 0) is 32.4 Å². The highest BCUT2D eigenvalue weighted by Gasteiger charge is 2.26. The van der Waals surface area contributed by atoms with Crippen LogP contribution in [0.3, 0.4) is 0 Å². The zero-order chi connectivity index (χ0) is 20.0. The van der Waals surface area contributed by atoms with Gasteiger partial charge < -0.3 is 10.6 Å². The SMILES string of the molecule is CN=C(NCCC(F)(F)F)NCc1ccccc1S(=O)(=O)NC(C)(C)C. The monoisotopic (exact) mass is 394 g/mol. The molecule has 0 aromatic heterocycles.